The first-order chi connectivity index (χ1) is 14.7. The topological polar surface area (TPSA) is 69.2 Å². The molecule has 0 fully saturated rings. The van der Waals surface area contributed by atoms with Crippen LogP contribution in [0.15, 0.2) is 41.6 Å². The average Bonchev–Trinajstić information content (AvgIpc) is 2.71. The van der Waals surface area contributed by atoms with Gasteiger partial charge in [0.25, 0.3) is 5.91 Å². The molecular formula is C23H28Cl2N2O4. The molecule has 0 heterocycles. The van der Waals surface area contributed by atoms with E-state index in [1.54, 1.807) is 18.2 Å². The monoisotopic (exact) mass is 466 g/mol. The zero-order chi connectivity index (χ0) is 23.0. The summed E-state index contributed by atoms with van der Waals surface area (Å²) in [6, 6.07) is 10.6. The number of amides is 1. The van der Waals surface area contributed by atoms with E-state index in [9.17, 15) is 4.79 Å². The summed E-state index contributed by atoms with van der Waals surface area (Å²) in [5, 5.41) is 7.16. The van der Waals surface area contributed by atoms with E-state index >= 15 is 0 Å². The highest BCUT2D eigenvalue weighted by atomic mass is 35.5. The molecule has 8 heteroatoms. The van der Waals surface area contributed by atoms with Gasteiger partial charge < -0.3 is 19.6 Å². The number of halogens is 2. The molecule has 0 saturated heterocycles. The van der Waals surface area contributed by atoms with Gasteiger partial charge in [-0.1, -0.05) is 73.4 Å². The van der Waals surface area contributed by atoms with E-state index in [0.717, 1.165) is 12.0 Å². The predicted octanol–water partition coefficient (Wildman–Crippen LogP) is 5.48. The summed E-state index contributed by atoms with van der Waals surface area (Å²) >= 11 is 12.7. The van der Waals surface area contributed by atoms with E-state index in [1.807, 2.05) is 18.2 Å². The van der Waals surface area contributed by atoms with Crippen molar-refractivity contribution in [1.29, 1.82) is 0 Å². The third-order valence-corrected chi connectivity index (χ3v) is 4.92. The highest BCUT2D eigenvalue weighted by Gasteiger charge is 2.18. The van der Waals surface area contributed by atoms with Crippen molar-refractivity contribution in [2.75, 3.05) is 20.8 Å². The first-order valence-electron chi connectivity index (χ1n) is 9.82. The molecule has 0 unspecified atom stereocenters. The lowest BCUT2D eigenvalue weighted by molar-refractivity contribution is -0.114. The molecule has 0 aromatic heterocycles. The van der Waals surface area contributed by atoms with Crippen molar-refractivity contribution < 1.29 is 19.1 Å². The molecule has 2 aromatic carbocycles. The molecule has 1 N–H and O–H groups in total. The van der Waals surface area contributed by atoms with Crippen LogP contribution < -0.4 is 14.8 Å². The van der Waals surface area contributed by atoms with Crippen LogP contribution in [0, 0.1) is 5.41 Å². The van der Waals surface area contributed by atoms with Crippen LogP contribution in [0.25, 0.3) is 0 Å². The van der Waals surface area contributed by atoms with Crippen molar-refractivity contribution in [1.82, 2.24) is 5.32 Å². The number of nitrogens with one attached hydrogen (secondary N) is 1. The lowest BCUT2D eigenvalue weighted by Crippen LogP contribution is -2.29. The third kappa shape index (κ3) is 7.33. The van der Waals surface area contributed by atoms with Crippen LogP contribution in [0.2, 0.25) is 10.0 Å². The quantitative estimate of drug-likeness (QED) is 0.392. The molecule has 0 aliphatic rings. The number of oxime groups is 1. The molecule has 2 rings (SSSR count). The van der Waals surface area contributed by atoms with Crippen molar-refractivity contribution in [2.24, 2.45) is 10.6 Å². The van der Waals surface area contributed by atoms with Crippen molar-refractivity contribution in [3.63, 3.8) is 0 Å². The molecule has 0 radical (unpaired) electrons. The number of benzene rings is 2. The van der Waals surface area contributed by atoms with Gasteiger partial charge in [-0.25, -0.2) is 0 Å². The molecule has 6 nitrogen and oxygen atoms in total. The minimum absolute atomic E-state index is 0.148. The van der Waals surface area contributed by atoms with Crippen LogP contribution in [0.3, 0.4) is 0 Å². The van der Waals surface area contributed by atoms with E-state index < -0.39 is 0 Å². The van der Waals surface area contributed by atoms with Crippen LogP contribution in [-0.4, -0.2) is 32.4 Å². The van der Waals surface area contributed by atoms with Crippen molar-refractivity contribution in [3.8, 4) is 11.5 Å². The van der Waals surface area contributed by atoms with E-state index in [0.29, 0.717) is 33.7 Å². The minimum Gasteiger partial charge on any atom is -0.490 e. The highest BCUT2D eigenvalue weighted by Crippen LogP contribution is 2.37. The van der Waals surface area contributed by atoms with Gasteiger partial charge in [0.1, 0.15) is 19.5 Å². The Balaban J connectivity index is 2.17. The van der Waals surface area contributed by atoms with Gasteiger partial charge in [-0.3, -0.25) is 4.79 Å². The van der Waals surface area contributed by atoms with E-state index in [2.05, 4.69) is 31.2 Å². The van der Waals surface area contributed by atoms with Gasteiger partial charge in [-0.15, -0.1) is 0 Å². The second kappa shape index (κ2) is 11.3. The van der Waals surface area contributed by atoms with Gasteiger partial charge in [-0.2, -0.15) is 0 Å². The van der Waals surface area contributed by atoms with Gasteiger partial charge >= 0.3 is 0 Å². The molecule has 31 heavy (non-hydrogen) atoms. The summed E-state index contributed by atoms with van der Waals surface area (Å²) in [6.07, 6.45) is 0.866. The number of hydrogen-bond acceptors (Lipinski definition) is 5. The smallest absolute Gasteiger partial charge is 0.273 e. The first-order valence-corrected chi connectivity index (χ1v) is 10.6. The maximum atomic E-state index is 12.2. The molecule has 0 saturated carbocycles. The summed E-state index contributed by atoms with van der Waals surface area (Å²) in [5.41, 5.74) is 1.65. The number of ether oxygens (including phenoxy) is 2. The second-order valence-electron chi connectivity index (χ2n) is 8.02. The molecule has 0 atom stereocenters. The zero-order valence-corrected chi connectivity index (χ0v) is 19.9. The maximum absolute atomic E-state index is 12.2. The fraction of sp³-hybridized carbons (Fsp3) is 0.391. The molecule has 0 aliphatic heterocycles. The summed E-state index contributed by atoms with van der Waals surface area (Å²) in [5.74, 6) is 0.560. The first kappa shape index (κ1) is 24.8. The van der Waals surface area contributed by atoms with Gasteiger partial charge in [-0.05, 0) is 17.4 Å². The molecular weight excluding hydrogens is 439 g/mol. The van der Waals surface area contributed by atoms with Gasteiger partial charge in [0, 0.05) is 24.7 Å². The number of rotatable bonds is 9. The maximum Gasteiger partial charge on any atom is 0.273 e. The Hall–Kier alpha value is -2.44. The summed E-state index contributed by atoms with van der Waals surface area (Å²) in [7, 11) is 2.92. The Bertz CT molecular complexity index is 916. The lowest BCUT2D eigenvalue weighted by Gasteiger charge is -2.19. The number of nitrogens with zero attached hydrogens (tertiary/aromatic N) is 1. The summed E-state index contributed by atoms with van der Waals surface area (Å²) < 4.78 is 11.7. The molecule has 2 aromatic rings. The van der Waals surface area contributed by atoms with E-state index in [4.69, 9.17) is 37.5 Å². The summed E-state index contributed by atoms with van der Waals surface area (Å²) in [6.45, 7) is 7.11. The van der Waals surface area contributed by atoms with Crippen LogP contribution in [-0.2, 0) is 16.2 Å². The van der Waals surface area contributed by atoms with Crippen molar-refractivity contribution in [2.45, 2.75) is 33.8 Å². The normalized spacial score (nSPS) is 11.8. The Morgan fingerprint density at radius 1 is 1.10 bits per heavy atom. The number of hydrogen-bond donors (Lipinski definition) is 1. The van der Waals surface area contributed by atoms with Gasteiger partial charge in [0.05, 0.1) is 16.7 Å². The Kier molecular flexibility index (Phi) is 9.01. The Labute approximate surface area is 193 Å². The molecule has 0 spiro atoms. The fourth-order valence-corrected chi connectivity index (χ4v) is 3.25. The number of carbonyl (C=O) groups excluding carboxylic acids is 1. The SMILES string of the molecule is CNC(=O)C(=NOC)c1ccccc1COc1cc(Cl)c(OCCC(C)(C)C)c(Cl)c1. The predicted molar refractivity (Wildman–Crippen MR) is 124 cm³/mol. The van der Waals surface area contributed by atoms with Crippen LogP contribution >= 0.6 is 23.2 Å². The van der Waals surface area contributed by atoms with E-state index in [-0.39, 0.29) is 23.6 Å². The Morgan fingerprint density at radius 2 is 1.74 bits per heavy atom. The van der Waals surface area contributed by atoms with Crippen molar-refractivity contribution >= 4 is 34.8 Å². The standard InChI is InChI=1S/C23H28Cl2N2O4/c1-23(2,3)10-11-30-21-18(24)12-16(13-19(21)25)31-14-15-8-6-7-9-17(15)20(27-29-5)22(28)26-4/h6-9,12-13H,10-11,14H2,1-5H3,(H,26,28). The van der Waals surface area contributed by atoms with E-state index in [1.165, 1.54) is 14.2 Å². The average molecular weight is 467 g/mol. The van der Waals surface area contributed by atoms with Gasteiger partial charge in [0.2, 0.25) is 0 Å². The minimum atomic E-state index is -0.364. The van der Waals surface area contributed by atoms with Crippen LogP contribution in [0.1, 0.15) is 38.3 Å². The molecule has 1 amide bonds. The Morgan fingerprint density at radius 3 is 2.32 bits per heavy atom. The largest absolute Gasteiger partial charge is 0.490 e. The van der Waals surface area contributed by atoms with Gasteiger partial charge in [0.15, 0.2) is 11.5 Å². The third-order valence-electron chi connectivity index (χ3n) is 4.36. The summed E-state index contributed by atoms with van der Waals surface area (Å²) in [4.78, 5) is 17.0. The lowest BCUT2D eigenvalue weighted by atomic mass is 9.93. The van der Waals surface area contributed by atoms with Crippen LogP contribution in [0.5, 0.6) is 11.5 Å². The fourth-order valence-electron chi connectivity index (χ4n) is 2.68. The molecule has 0 bridgehead atoms. The molecule has 0 aliphatic carbocycles. The number of likely N-dealkylation sites (N-methyl/N-ethyl adjacent to an activating group) is 1. The van der Waals surface area contributed by atoms with Crippen molar-refractivity contribution in [3.05, 3.63) is 57.6 Å². The second-order valence-corrected chi connectivity index (χ2v) is 8.84. The van der Waals surface area contributed by atoms with Crippen LogP contribution in [0.4, 0.5) is 0 Å². The zero-order valence-electron chi connectivity index (χ0n) is 18.4. The molecule has 168 valence electrons. The number of carbonyl (C=O) groups is 1. The highest BCUT2D eigenvalue weighted by molar-refractivity contribution is 6.45.